The highest BCUT2D eigenvalue weighted by Gasteiger charge is 2.15. The van der Waals surface area contributed by atoms with Crippen molar-refractivity contribution in [2.75, 3.05) is 0 Å². The van der Waals surface area contributed by atoms with Crippen LogP contribution < -0.4 is 0 Å². The molecular formula is C12H12N2O3. The van der Waals surface area contributed by atoms with Crippen molar-refractivity contribution >= 4 is 5.97 Å². The van der Waals surface area contributed by atoms with Gasteiger partial charge in [0.1, 0.15) is 0 Å². The van der Waals surface area contributed by atoms with Crippen LogP contribution in [0.1, 0.15) is 21.6 Å². The summed E-state index contributed by atoms with van der Waals surface area (Å²) in [5.74, 6) is -1.58. The summed E-state index contributed by atoms with van der Waals surface area (Å²) < 4.78 is 1.35. The van der Waals surface area contributed by atoms with Crippen molar-refractivity contribution in [1.29, 1.82) is 0 Å². The van der Waals surface area contributed by atoms with Crippen LogP contribution in [0.3, 0.4) is 0 Å². The van der Waals surface area contributed by atoms with Crippen LogP contribution in [0.25, 0.3) is 5.69 Å². The van der Waals surface area contributed by atoms with Gasteiger partial charge < -0.3 is 10.2 Å². The Hall–Kier alpha value is -2.30. The Bertz CT molecular complexity index is 587. The highest BCUT2D eigenvalue weighted by atomic mass is 16.4. The number of aromatic nitrogens is 2. The SMILES string of the molecule is Cc1ccc(-n2cc(O)c(C(=O)O)n2)cc1C. The molecular weight excluding hydrogens is 220 g/mol. The van der Waals surface area contributed by atoms with Crippen molar-refractivity contribution in [3.05, 3.63) is 41.2 Å². The number of nitrogens with zero attached hydrogens (tertiary/aromatic N) is 2. The van der Waals surface area contributed by atoms with Gasteiger partial charge in [-0.15, -0.1) is 0 Å². The molecule has 0 fully saturated rings. The molecule has 0 saturated heterocycles. The van der Waals surface area contributed by atoms with Gasteiger partial charge in [0.15, 0.2) is 5.75 Å². The largest absolute Gasteiger partial charge is 0.504 e. The molecule has 17 heavy (non-hydrogen) atoms. The fraction of sp³-hybridized carbons (Fsp3) is 0.167. The van der Waals surface area contributed by atoms with Crippen LogP contribution >= 0.6 is 0 Å². The maximum Gasteiger partial charge on any atom is 0.360 e. The van der Waals surface area contributed by atoms with Crippen LogP contribution in [0.2, 0.25) is 0 Å². The van der Waals surface area contributed by atoms with E-state index in [1.165, 1.54) is 10.9 Å². The minimum atomic E-state index is -1.25. The van der Waals surface area contributed by atoms with Gasteiger partial charge in [-0.1, -0.05) is 6.07 Å². The van der Waals surface area contributed by atoms with Gasteiger partial charge in [-0.25, -0.2) is 9.48 Å². The third-order valence-corrected chi connectivity index (χ3v) is 2.65. The molecule has 0 amide bonds. The molecule has 0 radical (unpaired) electrons. The van der Waals surface area contributed by atoms with Gasteiger partial charge in [0.25, 0.3) is 0 Å². The minimum Gasteiger partial charge on any atom is -0.504 e. The molecule has 0 atom stereocenters. The summed E-state index contributed by atoms with van der Waals surface area (Å²) >= 11 is 0. The van der Waals surface area contributed by atoms with Crippen molar-refractivity contribution < 1.29 is 15.0 Å². The van der Waals surface area contributed by atoms with Crippen molar-refractivity contribution in [3.8, 4) is 11.4 Å². The summed E-state index contributed by atoms with van der Waals surface area (Å²) in [5.41, 5.74) is 2.59. The number of benzene rings is 1. The second kappa shape index (κ2) is 3.93. The fourth-order valence-electron chi connectivity index (χ4n) is 1.52. The minimum absolute atomic E-state index is 0.337. The average Bonchev–Trinajstić information content (AvgIpc) is 2.64. The highest BCUT2D eigenvalue weighted by Crippen LogP contribution is 2.19. The van der Waals surface area contributed by atoms with Crippen LogP contribution in [0, 0.1) is 13.8 Å². The monoisotopic (exact) mass is 232 g/mol. The van der Waals surface area contributed by atoms with Crippen LogP contribution in [0.5, 0.6) is 5.75 Å². The van der Waals surface area contributed by atoms with E-state index in [2.05, 4.69) is 5.10 Å². The summed E-state index contributed by atoms with van der Waals surface area (Å²) in [6, 6.07) is 5.62. The van der Waals surface area contributed by atoms with Gasteiger partial charge in [-0.2, -0.15) is 5.10 Å². The Labute approximate surface area is 97.9 Å². The fourth-order valence-corrected chi connectivity index (χ4v) is 1.52. The van der Waals surface area contributed by atoms with Crippen LogP contribution in [0.4, 0.5) is 0 Å². The molecule has 1 aromatic carbocycles. The molecule has 5 heteroatoms. The lowest BCUT2D eigenvalue weighted by Crippen LogP contribution is -2.01. The number of carboxylic acids is 1. The molecule has 2 N–H and O–H groups in total. The molecule has 0 unspecified atom stereocenters. The Kier molecular flexibility index (Phi) is 2.59. The first-order valence-electron chi connectivity index (χ1n) is 5.08. The Morgan fingerprint density at radius 1 is 1.29 bits per heavy atom. The van der Waals surface area contributed by atoms with Crippen LogP contribution in [-0.4, -0.2) is 26.0 Å². The number of rotatable bonds is 2. The number of hydrogen-bond acceptors (Lipinski definition) is 3. The maximum absolute atomic E-state index is 10.8. The van der Waals surface area contributed by atoms with Gasteiger partial charge in [0.05, 0.1) is 11.9 Å². The first-order chi connectivity index (χ1) is 7.99. The van der Waals surface area contributed by atoms with Gasteiger partial charge in [0.2, 0.25) is 5.69 Å². The molecule has 1 aromatic heterocycles. The molecule has 2 aromatic rings. The Balaban J connectivity index is 2.50. The van der Waals surface area contributed by atoms with Crippen LogP contribution in [0.15, 0.2) is 24.4 Å². The third-order valence-electron chi connectivity index (χ3n) is 2.65. The number of carboxylic acid groups (broad SMARTS) is 1. The molecule has 5 nitrogen and oxygen atoms in total. The zero-order valence-electron chi connectivity index (χ0n) is 9.51. The van der Waals surface area contributed by atoms with Crippen LogP contribution in [-0.2, 0) is 0 Å². The summed E-state index contributed by atoms with van der Waals surface area (Å²) in [7, 11) is 0. The lowest BCUT2D eigenvalue weighted by atomic mass is 10.1. The topological polar surface area (TPSA) is 75.4 Å². The first-order valence-corrected chi connectivity index (χ1v) is 5.08. The van der Waals surface area contributed by atoms with E-state index >= 15 is 0 Å². The average molecular weight is 232 g/mol. The van der Waals surface area contributed by atoms with E-state index in [-0.39, 0.29) is 11.4 Å². The zero-order valence-corrected chi connectivity index (χ0v) is 9.51. The molecule has 0 spiro atoms. The number of aryl methyl sites for hydroxylation is 2. The number of hydrogen-bond donors (Lipinski definition) is 2. The molecule has 1 heterocycles. The normalized spacial score (nSPS) is 10.5. The van der Waals surface area contributed by atoms with Gasteiger partial charge in [-0.05, 0) is 37.1 Å². The van der Waals surface area contributed by atoms with E-state index in [4.69, 9.17) is 5.11 Å². The predicted molar refractivity (Wildman–Crippen MR) is 61.7 cm³/mol. The molecule has 0 aliphatic rings. The summed E-state index contributed by atoms with van der Waals surface area (Å²) in [6.45, 7) is 3.95. The Morgan fingerprint density at radius 3 is 2.53 bits per heavy atom. The van der Waals surface area contributed by atoms with E-state index in [0.717, 1.165) is 16.8 Å². The zero-order chi connectivity index (χ0) is 12.6. The van der Waals surface area contributed by atoms with Crippen molar-refractivity contribution in [3.63, 3.8) is 0 Å². The summed E-state index contributed by atoms with van der Waals surface area (Å²) in [6.07, 6.45) is 1.29. The van der Waals surface area contributed by atoms with E-state index in [9.17, 15) is 9.90 Å². The maximum atomic E-state index is 10.8. The first kappa shape index (κ1) is 11.2. The van der Waals surface area contributed by atoms with Gasteiger partial charge in [-0.3, -0.25) is 0 Å². The number of aromatic carboxylic acids is 1. The highest BCUT2D eigenvalue weighted by molar-refractivity contribution is 5.88. The van der Waals surface area contributed by atoms with E-state index in [1.54, 1.807) is 0 Å². The number of aromatic hydroxyl groups is 1. The van der Waals surface area contributed by atoms with Gasteiger partial charge >= 0.3 is 5.97 Å². The van der Waals surface area contributed by atoms with Gasteiger partial charge in [0, 0.05) is 0 Å². The lowest BCUT2D eigenvalue weighted by Gasteiger charge is -2.04. The summed E-state index contributed by atoms with van der Waals surface area (Å²) in [4.78, 5) is 10.8. The summed E-state index contributed by atoms with van der Waals surface area (Å²) in [5, 5.41) is 22.0. The van der Waals surface area contributed by atoms with E-state index < -0.39 is 5.97 Å². The van der Waals surface area contributed by atoms with Crippen molar-refractivity contribution in [1.82, 2.24) is 9.78 Å². The molecule has 0 saturated carbocycles. The van der Waals surface area contributed by atoms with E-state index in [0.29, 0.717) is 0 Å². The quantitative estimate of drug-likeness (QED) is 0.829. The second-order valence-electron chi connectivity index (χ2n) is 3.88. The Morgan fingerprint density at radius 2 is 2.00 bits per heavy atom. The molecule has 2 rings (SSSR count). The third kappa shape index (κ3) is 1.99. The standard InChI is InChI=1S/C12H12N2O3/c1-7-3-4-9(5-8(7)2)14-6-10(15)11(13-14)12(16)17/h3-6,15H,1-2H3,(H,16,17). The van der Waals surface area contributed by atoms with Crippen molar-refractivity contribution in [2.45, 2.75) is 13.8 Å². The molecule has 0 aliphatic heterocycles. The molecule has 0 bridgehead atoms. The lowest BCUT2D eigenvalue weighted by molar-refractivity contribution is 0.0687. The smallest absolute Gasteiger partial charge is 0.360 e. The predicted octanol–water partition coefficient (Wildman–Crippen LogP) is 1.89. The molecule has 88 valence electrons. The van der Waals surface area contributed by atoms with Crippen molar-refractivity contribution in [2.24, 2.45) is 0 Å². The molecule has 0 aliphatic carbocycles. The van der Waals surface area contributed by atoms with E-state index in [1.807, 2.05) is 32.0 Å². The second-order valence-corrected chi connectivity index (χ2v) is 3.88. The number of carbonyl (C=O) groups is 1.